The third-order valence-corrected chi connectivity index (χ3v) is 0. The summed E-state index contributed by atoms with van der Waals surface area (Å²) in [4.78, 5) is 0. The number of rotatable bonds is 0. The van der Waals surface area contributed by atoms with Crippen LogP contribution in [0.1, 0.15) is 2.85 Å². The maximum absolute atomic E-state index is 0. The number of hydrogen-bond acceptors (Lipinski definition) is 0. The van der Waals surface area contributed by atoms with Gasteiger partial charge in [0.1, 0.15) is 0 Å². The van der Waals surface area contributed by atoms with Gasteiger partial charge in [-0.05, 0) is 0 Å². The van der Waals surface area contributed by atoms with Gasteiger partial charge in [0.25, 0.3) is 0 Å². The van der Waals surface area contributed by atoms with Crippen molar-refractivity contribution in [3.8, 4) is 0 Å². The van der Waals surface area contributed by atoms with Crippen LogP contribution in [-0.4, -0.2) is 87.0 Å². The Morgan fingerprint density at radius 1 is 0.300 bits per heavy atom. The van der Waals surface area contributed by atoms with E-state index in [1.54, 1.807) is 0 Å². The van der Waals surface area contributed by atoms with E-state index in [1.807, 2.05) is 0 Å². The molecule has 10 heteroatoms. The average molecular weight is 204 g/mol. The fourth-order valence-corrected chi connectivity index (χ4v) is 0. The molecule has 0 aliphatic heterocycles. The Labute approximate surface area is 89.8 Å². The summed E-state index contributed by atoms with van der Waals surface area (Å²) < 4.78 is 0. The molecule has 0 unspecified atom stereocenters. The van der Waals surface area contributed by atoms with Crippen molar-refractivity contribution in [2.24, 2.45) is 0 Å². The van der Waals surface area contributed by atoms with Crippen molar-refractivity contribution >= 4 is 37.7 Å². The molecular formula is H20CaO9. The second-order valence-corrected chi connectivity index (χ2v) is 0. The zero-order chi connectivity index (χ0) is 0. The van der Waals surface area contributed by atoms with E-state index in [1.165, 1.54) is 0 Å². The van der Waals surface area contributed by atoms with Gasteiger partial charge in [-0.2, -0.15) is 0 Å². The smallest absolute Gasteiger partial charge is 1.00 e. The monoisotopic (exact) mass is 204 g/mol. The normalized spacial score (nSPS) is 0. The summed E-state index contributed by atoms with van der Waals surface area (Å²) in [6, 6.07) is 0. The van der Waals surface area contributed by atoms with E-state index in [2.05, 4.69) is 0 Å². The van der Waals surface area contributed by atoms with Crippen LogP contribution < -0.4 is 0 Å². The van der Waals surface area contributed by atoms with E-state index in [4.69, 9.17) is 0 Å². The molecular weight excluding hydrogens is 184 g/mol. The first-order chi connectivity index (χ1) is 0. The van der Waals surface area contributed by atoms with E-state index >= 15 is 0 Å². The van der Waals surface area contributed by atoms with Crippen LogP contribution in [0.4, 0.5) is 0 Å². The van der Waals surface area contributed by atoms with Gasteiger partial charge in [0, 0.05) is 0 Å². The Bertz CT molecular complexity index is 12.5. The molecule has 0 spiro atoms. The van der Waals surface area contributed by atoms with Crippen LogP contribution in [-0.2, 0) is 0 Å². The van der Waals surface area contributed by atoms with Gasteiger partial charge in [-0.3, -0.25) is 0 Å². The van der Waals surface area contributed by atoms with Crippen LogP contribution >= 0.6 is 0 Å². The van der Waals surface area contributed by atoms with Crippen molar-refractivity contribution in [1.82, 2.24) is 0 Å². The first kappa shape index (κ1) is 1320. The third-order valence-electron chi connectivity index (χ3n) is 0. The molecule has 0 atom stereocenters. The van der Waals surface area contributed by atoms with Crippen molar-refractivity contribution in [3.63, 3.8) is 0 Å². The Morgan fingerprint density at radius 2 is 0.300 bits per heavy atom. The van der Waals surface area contributed by atoms with Crippen LogP contribution in [0.3, 0.4) is 0 Å². The summed E-state index contributed by atoms with van der Waals surface area (Å²) in [5, 5.41) is 0. The molecule has 0 heterocycles. The molecule has 9 nitrogen and oxygen atoms in total. The van der Waals surface area contributed by atoms with Gasteiger partial charge >= 0.3 is 37.7 Å². The molecule has 0 aliphatic rings. The molecule has 0 radical (unpaired) electrons. The predicted octanol–water partition coefficient (Wildman–Crippen LogP) is -7.58. The standard InChI is InChI=1S/Ca.9H2O.2H/h;9*1H2;;/q+2;;;;;;;;;;2*-1. The minimum atomic E-state index is 0. The Hall–Kier alpha value is 0.900. The second-order valence-electron chi connectivity index (χ2n) is 0. The minimum absolute atomic E-state index is 0. The molecule has 76 valence electrons. The first-order valence-electron chi connectivity index (χ1n) is 0. The van der Waals surface area contributed by atoms with Crippen molar-refractivity contribution in [3.05, 3.63) is 0 Å². The Balaban J connectivity index is 0. The molecule has 10 heavy (non-hydrogen) atoms. The molecule has 0 fully saturated rings. The summed E-state index contributed by atoms with van der Waals surface area (Å²) in [6.45, 7) is 0. The quantitative estimate of drug-likeness (QED) is 0.332. The van der Waals surface area contributed by atoms with Gasteiger partial charge in [-0.25, -0.2) is 0 Å². The second kappa shape index (κ2) is 969. The van der Waals surface area contributed by atoms with Gasteiger partial charge in [-0.1, -0.05) is 0 Å². The zero-order valence-electron chi connectivity index (χ0n) is 7.21. The molecule has 0 bridgehead atoms. The van der Waals surface area contributed by atoms with Crippen LogP contribution in [0.5, 0.6) is 0 Å². The van der Waals surface area contributed by atoms with Crippen LogP contribution in [0.25, 0.3) is 0 Å². The summed E-state index contributed by atoms with van der Waals surface area (Å²) in [7, 11) is 0. The van der Waals surface area contributed by atoms with Crippen molar-refractivity contribution < 1.29 is 52.1 Å². The summed E-state index contributed by atoms with van der Waals surface area (Å²) in [6.07, 6.45) is 0. The van der Waals surface area contributed by atoms with Crippen molar-refractivity contribution in [2.45, 2.75) is 0 Å². The van der Waals surface area contributed by atoms with Gasteiger partial charge in [0.15, 0.2) is 0 Å². The van der Waals surface area contributed by atoms with E-state index in [0.717, 1.165) is 0 Å². The van der Waals surface area contributed by atoms with E-state index in [9.17, 15) is 0 Å². The van der Waals surface area contributed by atoms with Crippen LogP contribution in [0, 0.1) is 0 Å². The minimum Gasteiger partial charge on any atom is -1.00 e. The molecule has 0 saturated heterocycles. The van der Waals surface area contributed by atoms with Crippen molar-refractivity contribution in [1.29, 1.82) is 0 Å². The van der Waals surface area contributed by atoms with Gasteiger partial charge < -0.3 is 52.1 Å². The molecule has 0 rings (SSSR count). The third kappa shape index (κ3) is 686. The molecule has 0 amide bonds. The van der Waals surface area contributed by atoms with Gasteiger partial charge in [0.2, 0.25) is 0 Å². The van der Waals surface area contributed by atoms with E-state index in [-0.39, 0.29) is 89.9 Å². The maximum Gasteiger partial charge on any atom is 2.00 e. The van der Waals surface area contributed by atoms with Gasteiger partial charge in [0.05, 0.1) is 0 Å². The maximum atomic E-state index is 0. The fraction of sp³-hybridized carbons (Fsp3) is 0. The van der Waals surface area contributed by atoms with E-state index < -0.39 is 0 Å². The molecule has 0 aromatic heterocycles. The Kier molecular flexibility index (Phi) is 128000. The number of hydrogen-bond donors (Lipinski definition) is 0. The van der Waals surface area contributed by atoms with Crippen LogP contribution in [0.15, 0.2) is 0 Å². The summed E-state index contributed by atoms with van der Waals surface area (Å²) >= 11 is 0. The molecule has 18 N–H and O–H groups in total. The zero-order valence-corrected chi connectivity index (χ0v) is 7.42. The van der Waals surface area contributed by atoms with Crippen molar-refractivity contribution in [2.75, 3.05) is 0 Å². The first-order valence-corrected chi connectivity index (χ1v) is 0. The molecule has 0 saturated carbocycles. The molecule has 0 aliphatic carbocycles. The Morgan fingerprint density at radius 3 is 0.300 bits per heavy atom. The van der Waals surface area contributed by atoms with Gasteiger partial charge in [-0.15, -0.1) is 0 Å². The molecule has 0 aromatic carbocycles. The summed E-state index contributed by atoms with van der Waals surface area (Å²) in [5.74, 6) is 0. The fourth-order valence-electron chi connectivity index (χ4n) is 0. The largest absolute Gasteiger partial charge is 2.00 e. The average Bonchev–Trinajstić information content (AvgIpc) is 0. The van der Waals surface area contributed by atoms with E-state index in [0.29, 0.717) is 0 Å². The summed E-state index contributed by atoms with van der Waals surface area (Å²) in [5.41, 5.74) is 0. The molecule has 0 aromatic rings. The SMILES string of the molecule is O.O.O.O.O.O.O.O.O.[Ca+2].[H-].[H-]. The topological polar surface area (TPSA) is 284 Å². The predicted molar refractivity (Wildman–Crippen MR) is 40.5 cm³/mol. The van der Waals surface area contributed by atoms with Crippen LogP contribution in [0.2, 0.25) is 0 Å².